The Kier molecular flexibility index (Phi) is 6.12. The number of aromatic nitrogens is 3. The van der Waals surface area contributed by atoms with Gasteiger partial charge >= 0.3 is 18.0 Å². The molecule has 0 bridgehead atoms. The van der Waals surface area contributed by atoms with Crippen molar-refractivity contribution in [3.63, 3.8) is 0 Å². The third kappa shape index (κ3) is 4.87. The van der Waals surface area contributed by atoms with Gasteiger partial charge in [0.2, 0.25) is 11.7 Å². The molecule has 174 valence electrons. The molecular formula is C19H28F3N5O4. The Bertz CT molecular complexity index is 894. The fourth-order valence-electron chi connectivity index (χ4n) is 4.04. The summed E-state index contributed by atoms with van der Waals surface area (Å²) in [4.78, 5) is 40.7. The van der Waals surface area contributed by atoms with Crippen molar-refractivity contribution in [1.82, 2.24) is 24.1 Å². The van der Waals surface area contributed by atoms with Gasteiger partial charge in [0, 0.05) is 26.7 Å². The van der Waals surface area contributed by atoms with E-state index in [1.165, 1.54) is 4.90 Å². The lowest BCUT2D eigenvalue weighted by atomic mass is 10.0. The fraction of sp³-hybridized carbons (Fsp3) is 0.789. The Hall–Kier alpha value is -2.53. The molecule has 0 unspecified atom stereocenters. The standard InChI is InChI=1S/C19H28F3N5O4/c1-18(2,3)31-17(30)26-9-5-6-13(26)14(28)25-10-7-12(8-11-25)27-16(29)24(4)15(23-27)19(20,21)22/h12-13H,5-11H2,1-4H3/t13-/m1/s1. The highest BCUT2D eigenvalue weighted by Gasteiger charge is 2.41. The number of rotatable bonds is 2. The molecular weight excluding hydrogens is 419 g/mol. The minimum atomic E-state index is -4.72. The van der Waals surface area contributed by atoms with Crippen LogP contribution in [-0.2, 0) is 22.8 Å². The van der Waals surface area contributed by atoms with E-state index < -0.39 is 41.5 Å². The lowest BCUT2D eigenvalue weighted by molar-refractivity contribution is -0.147. The second kappa shape index (κ2) is 8.19. The molecule has 1 atom stereocenters. The maximum Gasteiger partial charge on any atom is 0.451 e. The maximum absolute atomic E-state index is 13.0. The first-order chi connectivity index (χ1) is 14.3. The molecule has 0 N–H and O–H groups in total. The summed E-state index contributed by atoms with van der Waals surface area (Å²) in [5.41, 5.74) is -1.50. The van der Waals surface area contributed by atoms with Gasteiger partial charge in [-0.2, -0.15) is 13.2 Å². The molecule has 1 aromatic rings. The van der Waals surface area contributed by atoms with E-state index in [-0.39, 0.29) is 19.0 Å². The largest absolute Gasteiger partial charge is 0.451 e. The van der Waals surface area contributed by atoms with Crippen LogP contribution in [0.1, 0.15) is 58.3 Å². The van der Waals surface area contributed by atoms with Crippen LogP contribution in [0.25, 0.3) is 0 Å². The molecule has 0 radical (unpaired) electrons. The zero-order valence-corrected chi connectivity index (χ0v) is 18.1. The SMILES string of the molecule is Cn1c(C(F)(F)F)nn(C2CCN(C(=O)[C@H]3CCCN3C(=O)OC(C)(C)C)CC2)c1=O. The smallest absolute Gasteiger partial charge is 0.444 e. The second-order valence-corrected chi connectivity index (χ2v) is 9.00. The third-order valence-corrected chi connectivity index (χ3v) is 5.54. The number of hydrogen-bond acceptors (Lipinski definition) is 5. The predicted molar refractivity (Wildman–Crippen MR) is 103 cm³/mol. The van der Waals surface area contributed by atoms with Crippen molar-refractivity contribution in [3.05, 3.63) is 16.3 Å². The molecule has 2 aliphatic heterocycles. The van der Waals surface area contributed by atoms with E-state index in [2.05, 4.69) is 5.10 Å². The number of alkyl halides is 3. The average molecular weight is 447 g/mol. The van der Waals surface area contributed by atoms with Crippen molar-refractivity contribution in [2.24, 2.45) is 7.05 Å². The quantitative estimate of drug-likeness (QED) is 0.693. The fourth-order valence-corrected chi connectivity index (χ4v) is 4.04. The summed E-state index contributed by atoms with van der Waals surface area (Å²) in [5, 5.41) is 3.49. The van der Waals surface area contributed by atoms with Crippen LogP contribution < -0.4 is 5.69 Å². The lowest BCUT2D eigenvalue weighted by Gasteiger charge is -2.35. The topological polar surface area (TPSA) is 89.7 Å². The Morgan fingerprint density at radius 2 is 1.68 bits per heavy atom. The summed E-state index contributed by atoms with van der Waals surface area (Å²) in [7, 11) is 1.04. The summed E-state index contributed by atoms with van der Waals surface area (Å²) in [6.07, 6.45) is -3.41. The highest BCUT2D eigenvalue weighted by atomic mass is 19.4. The van der Waals surface area contributed by atoms with Crippen LogP contribution >= 0.6 is 0 Å². The zero-order valence-electron chi connectivity index (χ0n) is 18.1. The van der Waals surface area contributed by atoms with Crippen molar-refractivity contribution in [2.45, 2.75) is 70.3 Å². The van der Waals surface area contributed by atoms with Crippen LogP contribution in [-0.4, -0.2) is 67.4 Å². The van der Waals surface area contributed by atoms with Gasteiger partial charge in [0.25, 0.3) is 0 Å². The summed E-state index contributed by atoms with van der Waals surface area (Å²) in [6, 6.07) is -1.13. The molecule has 12 heteroatoms. The van der Waals surface area contributed by atoms with Crippen molar-refractivity contribution < 1.29 is 27.5 Å². The van der Waals surface area contributed by atoms with Gasteiger partial charge in [-0.05, 0) is 46.5 Å². The van der Waals surface area contributed by atoms with Gasteiger partial charge in [-0.1, -0.05) is 0 Å². The normalized spacial score (nSPS) is 20.9. The van der Waals surface area contributed by atoms with Crippen molar-refractivity contribution in [3.8, 4) is 0 Å². The first-order valence-corrected chi connectivity index (χ1v) is 10.3. The Labute approximate surface area is 177 Å². The third-order valence-electron chi connectivity index (χ3n) is 5.54. The summed E-state index contributed by atoms with van der Waals surface area (Å²) < 4.78 is 45.8. The number of piperidine rings is 1. The summed E-state index contributed by atoms with van der Waals surface area (Å²) in [6.45, 7) is 6.25. The molecule has 0 saturated carbocycles. The average Bonchev–Trinajstić information content (AvgIpc) is 3.25. The van der Waals surface area contributed by atoms with E-state index in [1.54, 1.807) is 25.7 Å². The van der Waals surface area contributed by atoms with Gasteiger partial charge in [-0.3, -0.25) is 14.3 Å². The Balaban J connectivity index is 1.65. The van der Waals surface area contributed by atoms with E-state index in [9.17, 15) is 27.6 Å². The first kappa shape index (κ1) is 23.1. The van der Waals surface area contributed by atoms with Crippen LogP contribution in [0.5, 0.6) is 0 Å². The van der Waals surface area contributed by atoms with Crippen LogP contribution in [0.3, 0.4) is 0 Å². The molecule has 2 saturated heterocycles. The van der Waals surface area contributed by atoms with Crippen LogP contribution in [0, 0.1) is 0 Å². The van der Waals surface area contributed by atoms with Crippen molar-refractivity contribution >= 4 is 12.0 Å². The number of nitrogens with zero attached hydrogens (tertiary/aromatic N) is 5. The maximum atomic E-state index is 13.0. The van der Waals surface area contributed by atoms with Crippen LogP contribution in [0.2, 0.25) is 0 Å². The molecule has 3 rings (SSSR count). The molecule has 0 aromatic carbocycles. The van der Waals surface area contributed by atoms with Crippen LogP contribution in [0.15, 0.2) is 4.79 Å². The van der Waals surface area contributed by atoms with Gasteiger partial charge in [-0.25, -0.2) is 14.3 Å². The van der Waals surface area contributed by atoms with E-state index in [1.807, 2.05) is 0 Å². The summed E-state index contributed by atoms with van der Waals surface area (Å²) >= 11 is 0. The zero-order chi connectivity index (χ0) is 23.1. The highest BCUT2D eigenvalue weighted by Crippen LogP contribution is 2.29. The Morgan fingerprint density at radius 1 is 1.06 bits per heavy atom. The van der Waals surface area contributed by atoms with Crippen molar-refractivity contribution in [2.75, 3.05) is 19.6 Å². The number of amides is 2. The highest BCUT2D eigenvalue weighted by molar-refractivity contribution is 5.86. The molecule has 2 aliphatic rings. The Morgan fingerprint density at radius 3 is 2.19 bits per heavy atom. The summed E-state index contributed by atoms with van der Waals surface area (Å²) in [5.74, 6) is -1.44. The predicted octanol–water partition coefficient (Wildman–Crippen LogP) is 2.16. The number of ether oxygens (including phenoxy) is 1. The lowest BCUT2D eigenvalue weighted by Crippen LogP contribution is -2.51. The first-order valence-electron chi connectivity index (χ1n) is 10.3. The van der Waals surface area contributed by atoms with Crippen molar-refractivity contribution in [1.29, 1.82) is 0 Å². The molecule has 2 amide bonds. The molecule has 0 aliphatic carbocycles. The van der Waals surface area contributed by atoms with E-state index in [0.717, 1.165) is 11.7 Å². The van der Waals surface area contributed by atoms with Crippen LogP contribution in [0.4, 0.5) is 18.0 Å². The van der Waals surface area contributed by atoms with Gasteiger partial charge in [0.05, 0.1) is 6.04 Å². The number of carbonyl (C=O) groups excluding carboxylic acids is 2. The molecule has 3 heterocycles. The molecule has 1 aromatic heterocycles. The molecule has 0 spiro atoms. The minimum Gasteiger partial charge on any atom is -0.444 e. The number of carbonyl (C=O) groups is 2. The van der Waals surface area contributed by atoms with E-state index >= 15 is 0 Å². The van der Waals surface area contributed by atoms with Gasteiger partial charge in [0.15, 0.2) is 0 Å². The van der Waals surface area contributed by atoms with Gasteiger partial charge in [-0.15, -0.1) is 5.10 Å². The van der Waals surface area contributed by atoms with E-state index in [4.69, 9.17) is 4.74 Å². The molecule has 31 heavy (non-hydrogen) atoms. The molecule has 2 fully saturated rings. The van der Waals surface area contributed by atoms with Gasteiger partial charge < -0.3 is 9.64 Å². The van der Waals surface area contributed by atoms with E-state index in [0.29, 0.717) is 36.8 Å². The number of likely N-dealkylation sites (tertiary alicyclic amines) is 2. The number of hydrogen-bond donors (Lipinski definition) is 0. The second-order valence-electron chi connectivity index (χ2n) is 9.00. The number of halogens is 3. The molecule has 9 nitrogen and oxygen atoms in total. The monoisotopic (exact) mass is 447 g/mol. The van der Waals surface area contributed by atoms with Gasteiger partial charge in [0.1, 0.15) is 11.6 Å². The minimum absolute atomic E-state index is 0.203.